The summed E-state index contributed by atoms with van der Waals surface area (Å²) < 4.78 is 0. The first-order valence-corrected chi connectivity index (χ1v) is 7.88. The molecule has 20 heavy (non-hydrogen) atoms. The maximum absolute atomic E-state index is 12.1. The number of amides is 1. The first kappa shape index (κ1) is 15.0. The Hall–Kier alpha value is -1.35. The molecule has 2 N–H and O–H groups in total. The standard InChI is InChI=1S/C17H26N2O/c1-2-18-13-15-9-5-6-10-16(15)19-17(20)12-11-14-7-3-4-8-14/h5-6,9-10,14,18H,2-4,7-8,11-13H2,1H3,(H,19,20). The van der Waals surface area contributed by atoms with E-state index in [4.69, 9.17) is 0 Å². The number of hydrogen-bond donors (Lipinski definition) is 2. The van der Waals surface area contributed by atoms with Gasteiger partial charge in [-0.25, -0.2) is 0 Å². The van der Waals surface area contributed by atoms with Crippen LogP contribution in [0.1, 0.15) is 51.0 Å². The Morgan fingerprint density at radius 2 is 2.00 bits per heavy atom. The number of para-hydroxylation sites is 1. The molecular weight excluding hydrogens is 248 g/mol. The van der Waals surface area contributed by atoms with Gasteiger partial charge in [0.1, 0.15) is 0 Å². The van der Waals surface area contributed by atoms with Gasteiger partial charge < -0.3 is 10.6 Å². The number of carbonyl (C=O) groups excluding carboxylic acids is 1. The van der Waals surface area contributed by atoms with Gasteiger partial charge in [0, 0.05) is 18.7 Å². The summed E-state index contributed by atoms with van der Waals surface area (Å²) in [7, 11) is 0. The van der Waals surface area contributed by atoms with Gasteiger partial charge in [0.25, 0.3) is 0 Å². The third-order valence-corrected chi connectivity index (χ3v) is 4.11. The normalized spacial score (nSPS) is 15.4. The molecule has 1 aliphatic carbocycles. The molecule has 1 saturated carbocycles. The topological polar surface area (TPSA) is 41.1 Å². The van der Waals surface area contributed by atoms with Crippen molar-refractivity contribution in [1.82, 2.24) is 5.32 Å². The minimum atomic E-state index is 0.154. The summed E-state index contributed by atoms with van der Waals surface area (Å²) in [6.45, 7) is 3.82. The Bertz CT molecular complexity index is 425. The number of nitrogens with one attached hydrogen (secondary N) is 2. The van der Waals surface area contributed by atoms with Crippen LogP contribution in [0.25, 0.3) is 0 Å². The van der Waals surface area contributed by atoms with Crippen molar-refractivity contribution in [3.05, 3.63) is 29.8 Å². The van der Waals surface area contributed by atoms with E-state index in [0.29, 0.717) is 6.42 Å². The van der Waals surface area contributed by atoms with E-state index in [0.717, 1.165) is 36.7 Å². The largest absolute Gasteiger partial charge is 0.326 e. The third-order valence-electron chi connectivity index (χ3n) is 4.11. The molecule has 1 aliphatic rings. The molecule has 1 amide bonds. The fourth-order valence-electron chi connectivity index (χ4n) is 2.90. The van der Waals surface area contributed by atoms with Gasteiger partial charge in [0.15, 0.2) is 0 Å². The van der Waals surface area contributed by atoms with E-state index in [1.54, 1.807) is 0 Å². The van der Waals surface area contributed by atoms with Crippen LogP contribution in [0.3, 0.4) is 0 Å². The first-order valence-electron chi connectivity index (χ1n) is 7.88. The van der Waals surface area contributed by atoms with Crippen LogP contribution < -0.4 is 10.6 Å². The summed E-state index contributed by atoms with van der Waals surface area (Å²) in [5, 5.41) is 6.37. The van der Waals surface area contributed by atoms with E-state index in [-0.39, 0.29) is 5.91 Å². The average molecular weight is 274 g/mol. The molecule has 2 rings (SSSR count). The number of rotatable bonds is 7. The predicted octanol–water partition coefficient (Wildman–Crippen LogP) is 3.71. The summed E-state index contributed by atoms with van der Waals surface area (Å²) in [5.41, 5.74) is 2.11. The Kier molecular flexibility index (Phi) is 6.06. The quantitative estimate of drug-likeness (QED) is 0.796. The van der Waals surface area contributed by atoms with Gasteiger partial charge in [-0.05, 0) is 30.5 Å². The minimum absolute atomic E-state index is 0.154. The zero-order valence-corrected chi connectivity index (χ0v) is 12.5. The maximum Gasteiger partial charge on any atom is 0.224 e. The van der Waals surface area contributed by atoms with Gasteiger partial charge in [0.2, 0.25) is 5.91 Å². The second kappa shape index (κ2) is 8.05. The third kappa shape index (κ3) is 4.64. The van der Waals surface area contributed by atoms with Crippen molar-refractivity contribution in [2.75, 3.05) is 11.9 Å². The van der Waals surface area contributed by atoms with Gasteiger partial charge in [-0.2, -0.15) is 0 Å². The molecule has 0 aromatic heterocycles. The molecule has 0 saturated heterocycles. The molecule has 0 atom stereocenters. The Labute approximate surface area is 122 Å². The molecule has 0 bridgehead atoms. The van der Waals surface area contributed by atoms with Crippen molar-refractivity contribution < 1.29 is 4.79 Å². The lowest BCUT2D eigenvalue weighted by Crippen LogP contribution is -2.17. The molecule has 1 aromatic rings. The number of carbonyl (C=O) groups is 1. The van der Waals surface area contributed by atoms with E-state index in [2.05, 4.69) is 23.6 Å². The Morgan fingerprint density at radius 3 is 2.75 bits per heavy atom. The minimum Gasteiger partial charge on any atom is -0.326 e. The molecule has 0 aliphatic heterocycles. The second-order valence-electron chi connectivity index (χ2n) is 5.67. The van der Waals surface area contributed by atoms with Crippen molar-refractivity contribution in [2.24, 2.45) is 5.92 Å². The van der Waals surface area contributed by atoms with Gasteiger partial charge in [-0.15, -0.1) is 0 Å². The van der Waals surface area contributed by atoms with Crippen LogP contribution in [0, 0.1) is 5.92 Å². The monoisotopic (exact) mass is 274 g/mol. The van der Waals surface area contributed by atoms with Crippen molar-refractivity contribution in [2.45, 2.75) is 52.0 Å². The zero-order valence-electron chi connectivity index (χ0n) is 12.5. The second-order valence-corrected chi connectivity index (χ2v) is 5.67. The van der Waals surface area contributed by atoms with Crippen LogP contribution in [0.5, 0.6) is 0 Å². The lowest BCUT2D eigenvalue weighted by Gasteiger charge is -2.12. The molecule has 3 nitrogen and oxygen atoms in total. The highest BCUT2D eigenvalue weighted by Gasteiger charge is 2.16. The highest BCUT2D eigenvalue weighted by Crippen LogP contribution is 2.28. The first-order chi connectivity index (χ1) is 9.79. The van der Waals surface area contributed by atoms with Crippen LogP contribution in [0.2, 0.25) is 0 Å². The smallest absolute Gasteiger partial charge is 0.224 e. The van der Waals surface area contributed by atoms with Gasteiger partial charge in [-0.3, -0.25) is 4.79 Å². The lowest BCUT2D eigenvalue weighted by molar-refractivity contribution is -0.116. The van der Waals surface area contributed by atoms with Crippen molar-refractivity contribution >= 4 is 11.6 Å². The Balaban J connectivity index is 1.83. The molecule has 1 fully saturated rings. The van der Waals surface area contributed by atoms with Crippen molar-refractivity contribution in [1.29, 1.82) is 0 Å². The van der Waals surface area contributed by atoms with Crippen LogP contribution in [-0.4, -0.2) is 12.5 Å². The molecule has 1 aromatic carbocycles. The summed E-state index contributed by atoms with van der Waals surface area (Å²) in [6.07, 6.45) is 7.01. The molecule has 3 heteroatoms. The highest BCUT2D eigenvalue weighted by atomic mass is 16.1. The maximum atomic E-state index is 12.1. The highest BCUT2D eigenvalue weighted by molar-refractivity contribution is 5.91. The van der Waals surface area contributed by atoms with Crippen LogP contribution in [-0.2, 0) is 11.3 Å². The fourth-order valence-corrected chi connectivity index (χ4v) is 2.90. The summed E-state index contributed by atoms with van der Waals surface area (Å²) in [4.78, 5) is 12.1. The van der Waals surface area contributed by atoms with Gasteiger partial charge in [0.05, 0.1) is 0 Å². The number of hydrogen-bond acceptors (Lipinski definition) is 2. The number of benzene rings is 1. The molecule has 0 radical (unpaired) electrons. The van der Waals surface area contributed by atoms with Crippen LogP contribution >= 0.6 is 0 Å². The van der Waals surface area contributed by atoms with Crippen LogP contribution in [0.15, 0.2) is 24.3 Å². The molecule has 110 valence electrons. The van der Waals surface area contributed by atoms with Gasteiger partial charge in [-0.1, -0.05) is 50.8 Å². The molecule has 0 unspecified atom stereocenters. The summed E-state index contributed by atoms with van der Waals surface area (Å²) >= 11 is 0. The van der Waals surface area contributed by atoms with Crippen LogP contribution in [0.4, 0.5) is 5.69 Å². The Morgan fingerprint density at radius 1 is 1.25 bits per heavy atom. The fraction of sp³-hybridized carbons (Fsp3) is 0.588. The van der Waals surface area contributed by atoms with Crippen molar-refractivity contribution in [3.63, 3.8) is 0 Å². The molecule has 0 spiro atoms. The lowest BCUT2D eigenvalue weighted by atomic mass is 10.0. The van der Waals surface area contributed by atoms with E-state index >= 15 is 0 Å². The summed E-state index contributed by atoms with van der Waals surface area (Å²) in [6, 6.07) is 8.04. The van der Waals surface area contributed by atoms with E-state index < -0.39 is 0 Å². The van der Waals surface area contributed by atoms with Crippen molar-refractivity contribution in [3.8, 4) is 0 Å². The van der Waals surface area contributed by atoms with E-state index in [1.165, 1.54) is 25.7 Å². The van der Waals surface area contributed by atoms with Gasteiger partial charge >= 0.3 is 0 Å². The van der Waals surface area contributed by atoms with E-state index in [9.17, 15) is 4.79 Å². The number of anilines is 1. The predicted molar refractivity (Wildman–Crippen MR) is 83.6 cm³/mol. The average Bonchev–Trinajstić information content (AvgIpc) is 2.97. The SMILES string of the molecule is CCNCc1ccccc1NC(=O)CCC1CCCC1. The molecule has 0 heterocycles. The van der Waals surface area contributed by atoms with E-state index in [1.807, 2.05) is 18.2 Å². The zero-order chi connectivity index (χ0) is 14.2. The summed E-state index contributed by atoms with van der Waals surface area (Å²) in [5.74, 6) is 0.929. The molecular formula is C17H26N2O.